The van der Waals surface area contributed by atoms with E-state index in [9.17, 15) is 8.39 Å². The van der Waals surface area contributed by atoms with Gasteiger partial charge in [-0.2, -0.15) is 8.39 Å². The van der Waals surface area contributed by atoms with Crippen molar-refractivity contribution in [3.63, 3.8) is 0 Å². The van der Waals surface area contributed by atoms with Gasteiger partial charge >= 0.3 is 6.81 Å². The summed E-state index contributed by atoms with van der Waals surface area (Å²) < 4.78 is 26.4. The van der Waals surface area contributed by atoms with E-state index >= 15 is 0 Å². The molecule has 11 heavy (non-hydrogen) atoms. The Balaban J connectivity index is 3.99. The zero-order valence-electron chi connectivity index (χ0n) is 6.89. The van der Waals surface area contributed by atoms with E-state index in [2.05, 4.69) is 11.8 Å². The van der Waals surface area contributed by atoms with Crippen LogP contribution in [0.25, 0.3) is 0 Å². The van der Waals surface area contributed by atoms with Crippen LogP contribution in [0.5, 0.6) is 0 Å². The molecule has 0 amide bonds. The second kappa shape index (κ2) is 5.18. The van der Waals surface area contributed by atoms with Gasteiger partial charge in [-0.25, -0.2) is 4.67 Å². The topological polar surface area (TPSA) is 3.24 Å². The van der Waals surface area contributed by atoms with Crippen LogP contribution in [0.3, 0.4) is 0 Å². The number of halogens is 2. The summed E-state index contributed by atoms with van der Waals surface area (Å²) in [6, 6.07) is 0. The SMILES string of the molecule is CCCN(CCC)P(F)(F)=S. The number of hydrogen-bond donors (Lipinski definition) is 0. The van der Waals surface area contributed by atoms with Crippen LogP contribution < -0.4 is 0 Å². The van der Waals surface area contributed by atoms with Crippen LogP contribution in [0.1, 0.15) is 26.7 Å². The van der Waals surface area contributed by atoms with Crippen molar-refractivity contribution < 1.29 is 8.39 Å². The third-order valence-corrected chi connectivity index (χ3v) is 3.04. The normalized spacial score (nSPS) is 12.5. The lowest BCUT2D eigenvalue weighted by Crippen LogP contribution is -2.18. The van der Waals surface area contributed by atoms with Crippen LogP contribution in [-0.2, 0) is 11.8 Å². The minimum atomic E-state index is -4.14. The molecule has 0 aliphatic carbocycles. The van der Waals surface area contributed by atoms with Crippen LogP contribution >= 0.6 is 6.81 Å². The molecule has 0 spiro atoms. The van der Waals surface area contributed by atoms with Crippen LogP contribution in [0.4, 0.5) is 8.39 Å². The summed E-state index contributed by atoms with van der Waals surface area (Å²) >= 11 is 4.14. The van der Waals surface area contributed by atoms with E-state index in [0.29, 0.717) is 13.1 Å². The predicted octanol–water partition coefficient (Wildman–Crippen LogP) is 3.27. The van der Waals surface area contributed by atoms with Gasteiger partial charge in [-0.05, 0) is 24.6 Å². The highest BCUT2D eigenvalue weighted by Gasteiger charge is 2.22. The lowest BCUT2D eigenvalue weighted by molar-refractivity contribution is 0.406. The Labute approximate surface area is 72.1 Å². The molecule has 0 heterocycles. The maximum absolute atomic E-state index is 12.6. The molecular weight excluding hydrogens is 187 g/mol. The number of nitrogens with zero attached hydrogens (tertiary/aromatic N) is 1. The van der Waals surface area contributed by atoms with Crippen LogP contribution in [-0.4, -0.2) is 17.8 Å². The van der Waals surface area contributed by atoms with Gasteiger partial charge in [0.2, 0.25) is 0 Å². The Bertz CT molecular complexity index is 142. The molecule has 0 aromatic heterocycles. The summed E-state index contributed by atoms with van der Waals surface area (Å²) in [6.45, 7) is 0.480. The summed E-state index contributed by atoms with van der Waals surface area (Å²) in [5.41, 5.74) is 0. The Morgan fingerprint density at radius 3 is 1.73 bits per heavy atom. The molecule has 68 valence electrons. The first-order chi connectivity index (χ1) is 5.02. The van der Waals surface area contributed by atoms with E-state index in [4.69, 9.17) is 0 Å². The minimum Gasteiger partial charge on any atom is -0.225 e. The van der Waals surface area contributed by atoms with E-state index in [0.717, 1.165) is 17.5 Å². The van der Waals surface area contributed by atoms with Crippen LogP contribution in [0, 0.1) is 0 Å². The highest BCUT2D eigenvalue weighted by Crippen LogP contribution is 2.53. The van der Waals surface area contributed by atoms with Gasteiger partial charge in [0.05, 0.1) is 0 Å². The molecular formula is C6H14F2NPS. The fraction of sp³-hybridized carbons (Fsp3) is 1.00. The standard InChI is InChI=1S/C6H14F2NPS/c1-3-5-9(6-4-2)10(7,8)11/h3-6H2,1-2H3. The second-order valence-corrected chi connectivity index (χ2v) is 5.14. The molecule has 0 atom stereocenters. The van der Waals surface area contributed by atoms with Crippen LogP contribution in [0.15, 0.2) is 0 Å². The maximum atomic E-state index is 12.6. The molecule has 0 saturated heterocycles. The highest BCUT2D eigenvalue weighted by molar-refractivity contribution is 8.08. The summed E-state index contributed by atoms with van der Waals surface area (Å²) in [5, 5.41) is 0. The first-order valence-electron chi connectivity index (χ1n) is 3.77. The molecule has 0 saturated carbocycles. The second-order valence-electron chi connectivity index (χ2n) is 2.39. The van der Waals surface area contributed by atoms with Crippen molar-refractivity contribution in [1.29, 1.82) is 0 Å². The van der Waals surface area contributed by atoms with Gasteiger partial charge in [-0.15, -0.1) is 0 Å². The van der Waals surface area contributed by atoms with Crippen molar-refractivity contribution in [2.24, 2.45) is 0 Å². The molecule has 0 unspecified atom stereocenters. The Hall–Kier alpha value is 0.470. The molecule has 0 radical (unpaired) electrons. The minimum absolute atomic E-state index is 0.429. The van der Waals surface area contributed by atoms with Gasteiger partial charge in [0.1, 0.15) is 0 Å². The van der Waals surface area contributed by atoms with Crippen LogP contribution in [0.2, 0.25) is 0 Å². The lowest BCUT2D eigenvalue weighted by Gasteiger charge is -2.20. The van der Waals surface area contributed by atoms with Crippen molar-refractivity contribution in [2.75, 3.05) is 13.1 Å². The van der Waals surface area contributed by atoms with Gasteiger partial charge in [0.25, 0.3) is 0 Å². The number of hydrogen-bond acceptors (Lipinski definition) is 1. The first kappa shape index (κ1) is 11.5. The fourth-order valence-electron chi connectivity index (χ4n) is 0.861. The molecule has 0 bridgehead atoms. The lowest BCUT2D eigenvalue weighted by atomic mass is 10.4. The maximum Gasteiger partial charge on any atom is 0.341 e. The Kier molecular flexibility index (Phi) is 5.40. The predicted molar refractivity (Wildman–Crippen MR) is 48.7 cm³/mol. The average Bonchev–Trinajstić information content (AvgIpc) is 1.85. The highest BCUT2D eigenvalue weighted by atomic mass is 32.5. The van der Waals surface area contributed by atoms with E-state index < -0.39 is 6.81 Å². The van der Waals surface area contributed by atoms with E-state index in [-0.39, 0.29) is 0 Å². The quantitative estimate of drug-likeness (QED) is 0.628. The van der Waals surface area contributed by atoms with Crippen molar-refractivity contribution in [2.45, 2.75) is 26.7 Å². The molecule has 0 aromatic rings. The van der Waals surface area contributed by atoms with E-state index in [1.165, 1.54) is 0 Å². The van der Waals surface area contributed by atoms with Gasteiger partial charge < -0.3 is 0 Å². The van der Waals surface area contributed by atoms with Crippen molar-refractivity contribution in [3.8, 4) is 0 Å². The third kappa shape index (κ3) is 4.83. The van der Waals surface area contributed by atoms with Gasteiger partial charge in [-0.3, -0.25) is 0 Å². The molecule has 1 nitrogen and oxygen atoms in total. The summed E-state index contributed by atoms with van der Waals surface area (Å²) in [7, 11) is 0. The van der Waals surface area contributed by atoms with Gasteiger partial charge in [0, 0.05) is 13.1 Å². The monoisotopic (exact) mass is 201 g/mol. The summed E-state index contributed by atoms with van der Waals surface area (Å²) in [6.07, 6.45) is 1.48. The first-order valence-corrected chi connectivity index (χ1v) is 6.30. The number of rotatable bonds is 5. The smallest absolute Gasteiger partial charge is 0.225 e. The van der Waals surface area contributed by atoms with Crippen molar-refractivity contribution in [1.82, 2.24) is 4.67 Å². The summed E-state index contributed by atoms with van der Waals surface area (Å²) in [5.74, 6) is 0. The molecule has 5 heteroatoms. The van der Waals surface area contributed by atoms with E-state index in [1.807, 2.05) is 13.8 Å². The molecule has 0 aliphatic heterocycles. The van der Waals surface area contributed by atoms with Gasteiger partial charge in [0.15, 0.2) is 0 Å². The van der Waals surface area contributed by atoms with Crippen molar-refractivity contribution in [3.05, 3.63) is 0 Å². The molecule has 0 aliphatic rings. The zero-order chi connectivity index (χ0) is 8.91. The Morgan fingerprint density at radius 2 is 1.55 bits per heavy atom. The molecule has 0 fully saturated rings. The molecule has 0 aromatic carbocycles. The third-order valence-electron chi connectivity index (χ3n) is 1.29. The largest absolute Gasteiger partial charge is 0.341 e. The Morgan fingerprint density at radius 1 is 1.18 bits per heavy atom. The fourth-order valence-corrected chi connectivity index (χ4v) is 2.22. The zero-order valence-corrected chi connectivity index (χ0v) is 8.60. The molecule has 0 N–H and O–H groups in total. The summed E-state index contributed by atoms with van der Waals surface area (Å²) in [4.78, 5) is 0. The van der Waals surface area contributed by atoms with Gasteiger partial charge in [-0.1, -0.05) is 13.8 Å². The van der Waals surface area contributed by atoms with Crippen molar-refractivity contribution >= 4 is 18.6 Å². The van der Waals surface area contributed by atoms with E-state index in [1.54, 1.807) is 0 Å². The molecule has 0 rings (SSSR count). The average molecular weight is 201 g/mol.